The number of benzene rings is 2. The van der Waals surface area contributed by atoms with E-state index in [1.807, 2.05) is 0 Å². The van der Waals surface area contributed by atoms with Crippen molar-refractivity contribution in [1.29, 1.82) is 0 Å². The van der Waals surface area contributed by atoms with E-state index in [0.29, 0.717) is 16.7 Å². The van der Waals surface area contributed by atoms with Gasteiger partial charge in [0.05, 0.1) is 18.9 Å². The van der Waals surface area contributed by atoms with Crippen molar-refractivity contribution in [1.82, 2.24) is 10.9 Å². The van der Waals surface area contributed by atoms with Crippen LogP contribution in [0, 0.1) is 0 Å². The van der Waals surface area contributed by atoms with Gasteiger partial charge in [0.1, 0.15) is 0 Å². The first-order chi connectivity index (χ1) is 12.0. The second-order valence-electron chi connectivity index (χ2n) is 4.83. The molecule has 128 valence electrons. The molecule has 8 nitrogen and oxygen atoms in total. The Hall–Kier alpha value is -3.52. The van der Waals surface area contributed by atoms with Crippen LogP contribution in [0.2, 0.25) is 0 Å². The largest absolute Gasteiger partial charge is 0.465 e. The zero-order valence-corrected chi connectivity index (χ0v) is 13.2. The highest BCUT2D eigenvalue weighted by atomic mass is 16.5. The summed E-state index contributed by atoms with van der Waals surface area (Å²) in [5.41, 5.74) is 5.46. The fraction of sp³-hybridized carbons (Fsp3) is 0.0588. The second kappa shape index (κ2) is 8.37. The van der Waals surface area contributed by atoms with Crippen LogP contribution in [-0.4, -0.2) is 36.3 Å². The molecule has 0 aliphatic rings. The molecule has 2 rings (SSSR count). The smallest absolute Gasteiger partial charge is 0.337 e. The van der Waals surface area contributed by atoms with Crippen LogP contribution in [0.5, 0.6) is 0 Å². The van der Waals surface area contributed by atoms with Crippen molar-refractivity contribution in [3.8, 4) is 0 Å². The fourth-order valence-electron chi connectivity index (χ4n) is 1.89. The van der Waals surface area contributed by atoms with Gasteiger partial charge in [-0.15, -0.1) is 0 Å². The highest BCUT2D eigenvalue weighted by molar-refractivity contribution is 5.97. The standard InChI is InChI=1S/C17H15N3O5/c1-25-17(23)14-4-2-11(3-5-14)10-18-19-15(21)12-6-8-13(9-7-12)16(22)20-24/h2-10,24H,1H3,(H,19,21)(H,20,22)/b18-10+. The highest BCUT2D eigenvalue weighted by Gasteiger charge is 2.07. The number of amides is 2. The number of hydrazone groups is 1. The van der Waals surface area contributed by atoms with Crippen LogP contribution in [0.25, 0.3) is 0 Å². The summed E-state index contributed by atoms with van der Waals surface area (Å²) in [7, 11) is 1.30. The van der Waals surface area contributed by atoms with Crippen molar-refractivity contribution in [3.05, 3.63) is 70.8 Å². The van der Waals surface area contributed by atoms with Crippen LogP contribution in [0.4, 0.5) is 0 Å². The number of carbonyl (C=O) groups excluding carboxylic acids is 3. The van der Waals surface area contributed by atoms with Gasteiger partial charge in [0, 0.05) is 11.1 Å². The molecule has 0 atom stereocenters. The Labute approximate surface area is 143 Å². The molecule has 2 aromatic rings. The Morgan fingerprint density at radius 2 is 1.44 bits per heavy atom. The number of esters is 1. The number of methoxy groups -OCH3 is 1. The van der Waals surface area contributed by atoms with Gasteiger partial charge in [-0.1, -0.05) is 12.1 Å². The van der Waals surface area contributed by atoms with E-state index in [1.165, 1.54) is 43.1 Å². The molecule has 0 aromatic heterocycles. The number of nitrogens with one attached hydrogen (secondary N) is 2. The predicted molar refractivity (Wildman–Crippen MR) is 88.5 cm³/mol. The normalized spacial score (nSPS) is 10.3. The molecule has 0 unspecified atom stereocenters. The molecule has 0 aliphatic heterocycles. The van der Waals surface area contributed by atoms with Gasteiger partial charge < -0.3 is 4.74 Å². The van der Waals surface area contributed by atoms with Gasteiger partial charge in [-0.25, -0.2) is 15.7 Å². The minimum absolute atomic E-state index is 0.216. The molecular weight excluding hydrogens is 326 g/mol. The summed E-state index contributed by atoms with van der Waals surface area (Å²) >= 11 is 0. The Morgan fingerprint density at radius 3 is 1.96 bits per heavy atom. The van der Waals surface area contributed by atoms with Crippen molar-refractivity contribution in [2.24, 2.45) is 5.10 Å². The van der Waals surface area contributed by atoms with Gasteiger partial charge in [0.15, 0.2) is 0 Å². The average molecular weight is 341 g/mol. The molecule has 0 bridgehead atoms. The zero-order chi connectivity index (χ0) is 18.2. The number of hydrogen-bond donors (Lipinski definition) is 3. The monoisotopic (exact) mass is 341 g/mol. The second-order valence-corrected chi connectivity index (χ2v) is 4.83. The lowest BCUT2D eigenvalue weighted by Crippen LogP contribution is -2.20. The number of carbonyl (C=O) groups is 3. The number of ether oxygens (including phenoxy) is 1. The maximum atomic E-state index is 11.9. The molecule has 0 spiro atoms. The topological polar surface area (TPSA) is 117 Å². The van der Waals surface area contributed by atoms with E-state index < -0.39 is 17.8 Å². The van der Waals surface area contributed by atoms with Crippen LogP contribution in [-0.2, 0) is 4.74 Å². The first kappa shape index (κ1) is 17.8. The van der Waals surface area contributed by atoms with E-state index in [4.69, 9.17) is 5.21 Å². The highest BCUT2D eigenvalue weighted by Crippen LogP contribution is 2.05. The Bertz CT molecular complexity index is 798. The van der Waals surface area contributed by atoms with Crippen LogP contribution < -0.4 is 10.9 Å². The van der Waals surface area contributed by atoms with Crippen LogP contribution >= 0.6 is 0 Å². The SMILES string of the molecule is COC(=O)c1ccc(/C=N/NC(=O)c2ccc(C(=O)NO)cc2)cc1. The van der Waals surface area contributed by atoms with Gasteiger partial charge in [-0.2, -0.15) is 5.10 Å². The number of rotatable bonds is 5. The minimum Gasteiger partial charge on any atom is -0.465 e. The van der Waals surface area contributed by atoms with Crippen molar-refractivity contribution in [3.63, 3.8) is 0 Å². The quantitative estimate of drug-likeness (QED) is 0.328. The third kappa shape index (κ3) is 4.72. The number of nitrogens with zero attached hydrogens (tertiary/aromatic N) is 1. The third-order valence-electron chi connectivity index (χ3n) is 3.22. The molecule has 2 aromatic carbocycles. The van der Waals surface area contributed by atoms with Crippen molar-refractivity contribution in [2.45, 2.75) is 0 Å². The summed E-state index contributed by atoms with van der Waals surface area (Å²) in [5, 5.41) is 12.4. The van der Waals surface area contributed by atoms with Gasteiger partial charge in [0.2, 0.25) is 0 Å². The fourth-order valence-corrected chi connectivity index (χ4v) is 1.89. The molecule has 0 radical (unpaired) electrons. The molecule has 0 aliphatic carbocycles. The summed E-state index contributed by atoms with van der Waals surface area (Å²) < 4.78 is 4.60. The molecule has 0 heterocycles. The Morgan fingerprint density at radius 1 is 0.920 bits per heavy atom. The van der Waals surface area contributed by atoms with Gasteiger partial charge in [0.25, 0.3) is 11.8 Å². The van der Waals surface area contributed by atoms with Crippen LogP contribution in [0.15, 0.2) is 53.6 Å². The molecule has 0 fully saturated rings. The number of hydroxylamine groups is 1. The summed E-state index contributed by atoms with van der Waals surface area (Å²) in [6.45, 7) is 0. The third-order valence-corrected chi connectivity index (χ3v) is 3.22. The number of hydrogen-bond acceptors (Lipinski definition) is 6. The van der Waals surface area contributed by atoms with Gasteiger partial charge in [-0.3, -0.25) is 14.8 Å². The van der Waals surface area contributed by atoms with E-state index in [9.17, 15) is 14.4 Å². The van der Waals surface area contributed by atoms with Crippen molar-refractivity contribution in [2.75, 3.05) is 7.11 Å². The summed E-state index contributed by atoms with van der Waals surface area (Å²) in [4.78, 5) is 34.4. The summed E-state index contributed by atoms with van der Waals surface area (Å²) in [5.74, 6) is -1.56. The first-order valence-electron chi connectivity index (χ1n) is 7.11. The van der Waals surface area contributed by atoms with E-state index in [2.05, 4.69) is 15.3 Å². The van der Waals surface area contributed by atoms with Crippen molar-refractivity contribution >= 4 is 24.0 Å². The van der Waals surface area contributed by atoms with Crippen LogP contribution in [0.1, 0.15) is 36.6 Å². The zero-order valence-electron chi connectivity index (χ0n) is 13.2. The lowest BCUT2D eigenvalue weighted by atomic mass is 10.1. The Balaban J connectivity index is 1.96. The van der Waals surface area contributed by atoms with Crippen molar-refractivity contribution < 1.29 is 24.3 Å². The lowest BCUT2D eigenvalue weighted by molar-refractivity contribution is 0.0600. The average Bonchev–Trinajstić information content (AvgIpc) is 2.67. The maximum Gasteiger partial charge on any atom is 0.337 e. The summed E-state index contributed by atoms with van der Waals surface area (Å²) in [6.07, 6.45) is 1.42. The Kier molecular flexibility index (Phi) is 5.97. The van der Waals surface area contributed by atoms with E-state index in [-0.39, 0.29) is 5.56 Å². The minimum atomic E-state index is -0.666. The molecule has 2 amide bonds. The van der Waals surface area contributed by atoms with E-state index in [1.54, 1.807) is 24.3 Å². The molecule has 3 N–H and O–H groups in total. The predicted octanol–water partition coefficient (Wildman–Crippen LogP) is 1.36. The van der Waals surface area contributed by atoms with Crippen LogP contribution in [0.3, 0.4) is 0 Å². The first-order valence-corrected chi connectivity index (χ1v) is 7.11. The van der Waals surface area contributed by atoms with E-state index in [0.717, 1.165) is 0 Å². The van der Waals surface area contributed by atoms with Gasteiger partial charge >= 0.3 is 5.97 Å². The maximum absolute atomic E-state index is 11.9. The molecule has 8 heteroatoms. The molecule has 25 heavy (non-hydrogen) atoms. The molecular formula is C17H15N3O5. The lowest BCUT2D eigenvalue weighted by Gasteiger charge is -2.02. The van der Waals surface area contributed by atoms with Gasteiger partial charge in [-0.05, 0) is 42.0 Å². The molecule has 0 saturated carbocycles. The van der Waals surface area contributed by atoms with E-state index >= 15 is 0 Å². The summed E-state index contributed by atoms with van der Waals surface area (Å²) in [6, 6.07) is 12.1. The molecule has 0 saturated heterocycles.